The smallest absolute Gasteiger partial charge is 0.213 e. The second-order valence-corrected chi connectivity index (χ2v) is 4.39. The van der Waals surface area contributed by atoms with E-state index in [-0.39, 0.29) is 17.6 Å². The predicted molar refractivity (Wildman–Crippen MR) is 75.5 cm³/mol. The van der Waals surface area contributed by atoms with E-state index in [1.807, 2.05) is 19.9 Å². The van der Waals surface area contributed by atoms with Gasteiger partial charge in [0, 0.05) is 11.6 Å². The highest BCUT2D eigenvalue weighted by Gasteiger charge is 2.11. The molecule has 0 spiro atoms. The van der Waals surface area contributed by atoms with Crippen molar-refractivity contribution in [2.45, 2.75) is 19.9 Å². The summed E-state index contributed by atoms with van der Waals surface area (Å²) in [6.07, 6.45) is 1.64. The molecular weight excluding hydrogens is 259 g/mol. The van der Waals surface area contributed by atoms with Gasteiger partial charge < -0.3 is 15.2 Å². The first-order valence-electron chi connectivity index (χ1n) is 6.44. The maximum atomic E-state index is 13.2. The van der Waals surface area contributed by atoms with Crippen molar-refractivity contribution in [3.63, 3.8) is 0 Å². The Morgan fingerprint density at radius 2 is 2.15 bits per heavy atom. The van der Waals surface area contributed by atoms with Crippen molar-refractivity contribution in [2.75, 3.05) is 11.9 Å². The molecule has 4 nitrogen and oxygen atoms in total. The summed E-state index contributed by atoms with van der Waals surface area (Å²) in [5.41, 5.74) is 1.27. The molecule has 0 fully saturated rings. The summed E-state index contributed by atoms with van der Waals surface area (Å²) in [5.74, 6) is 0.237. The van der Waals surface area contributed by atoms with Gasteiger partial charge in [0.1, 0.15) is 11.6 Å². The van der Waals surface area contributed by atoms with Crippen LogP contribution in [0.1, 0.15) is 25.5 Å². The Morgan fingerprint density at radius 3 is 2.80 bits per heavy atom. The molecule has 1 atom stereocenters. The fourth-order valence-corrected chi connectivity index (χ4v) is 1.90. The van der Waals surface area contributed by atoms with Gasteiger partial charge in [-0.3, -0.25) is 0 Å². The number of anilines is 1. The van der Waals surface area contributed by atoms with Crippen LogP contribution >= 0.6 is 0 Å². The van der Waals surface area contributed by atoms with Crippen LogP contribution in [0.25, 0.3) is 0 Å². The summed E-state index contributed by atoms with van der Waals surface area (Å²) >= 11 is 0. The molecule has 0 radical (unpaired) electrons. The third-order valence-electron chi connectivity index (χ3n) is 2.87. The molecule has 1 aromatic heterocycles. The lowest BCUT2D eigenvalue weighted by atomic mass is 10.1. The number of halogens is 1. The van der Waals surface area contributed by atoms with Gasteiger partial charge in [-0.1, -0.05) is 0 Å². The summed E-state index contributed by atoms with van der Waals surface area (Å²) in [7, 11) is 0. The second-order valence-electron chi connectivity index (χ2n) is 4.39. The molecule has 1 aromatic carbocycles. The lowest BCUT2D eigenvalue weighted by Gasteiger charge is -2.17. The highest BCUT2D eigenvalue weighted by molar-refractivity contribution is 5.46. The molecule has 0 amide bonds. The van der Waals surface area contributed by atoms with Crippen LogP contribution in [0, 0.1) is 5.82 Å². The van der Waals surface area contributed by atoms with Crippen molar-refractivity contribution in [3.05, 3.63) is 47.9 Å². The van der Waals surface area contributed by atoms with Crippen LogP contribution in [0.3, 0.4) is 0 Å². The molecule has 1 heterocycles. The minimum absolute atomic E-state index is 0.0605. The fraction of sp³-hybridized carbons (Fsp3) is 0.267. The SMILES string of the molecule is CCOc1ccc(NC(C)c2cc(F)ccc2O)cn1. The average molecular weight is 276 g/mol. The average Bonchev–Trinajstić information content (AvgIpc) is 2.44. The first-order chi connectivity index (χ1) is 9.60. The molecule has 5 heteroatoms. The number of hydrogen-bond acceptors (Lipinski definition) is 4. The summed E-state index contributed by atoms with van der Waals surface area (Å²) in [5, 5.41) is 12.9. The monoisotopic (exact) mass is 276 g/mol. The van der Waals surface area contributed by atoms with Gasteiger partial charge in [0.15, 0.2) is 0 Å². The van der Waals surface area contributed by atoms with Crippen LogP contribution < -0.4 is 10.1 Å². The molecule has 2 aromatic rings. The third-order valence-corrected chi connectivity index (χ3v) is 2.87. The number of benzene rings is 1. The standard InChI is InChI=1S/C15H17FN2O2/c1-3-20-15-7-5-12(9-17-15)18-10(2)13-8-11(16)4-6-14(13)19/h4-10,18-19H,3H2,1-2H3. The highest BCUT2D eigenvalue weighted by Crippen LogP contribution is 2.27. The first-order valence-corrected chi connectivity index (χ1v) is 6.44. The van der Waals surface area contributed by atoms with E-state index in [1.54, 1.807) is 12.3 Å². The van der Waals surface area contributed by atoms with Crippen LogP contribution in [-0.4, -0.2) is 16.7 Å². The zero-order valence-electron chi connectivity index (χ0n) is 11.4. The lowest BCUT2D eigenvalue weighted by molar-refractivity contribution is 0.327. The quantitative estimate of drug-likeness (QED) is 0.877. The zero-order chi connectivity index (χ0) is 14.5. The summed E-state index contributed by atoms with van der Waals surface area (Å²) < 4.78 is 18.5. The van der Waals surface area contributed by atoms with Crippen molar-refractivity contribution in [2.24, 2.45) is 0 Å². The van der Waals surface area contributed by atoms with Crippen LogP contribution in [-0.2, 0) is 0 Å². The lowest BCUT2D eigenvalue weighted by Crippen LogP contribution is -2.07. The molecule has 0 bridgehead atoms. The molecule has 20 heavy (non-hydrogen) atoms. The Morgan fingerprint density at radius 1 is 1.35 bits per heavy atom. The van der Waals surface area contributed by atoms with E-state index < -0.39 is 0 Å². The zero-order valence-corrected chi connectivity index (χ0v) is 11.4. The predicted octanol–water partition coefficient (Wildman–Crippen LogP) is 3.50. The van der Waals surface area contributed by atoms with Gasteiger partial charge in [-0.2, -0.15) is 0 Å². The maximum absolute atomic E-state index is 13.2. The van der Waals surface area contributed by atoms with Gasteiger partial charge in [0.05, 0.1) is 24.5 Å². The molecule has 1 unspecified atom stereocenters. The number of pyridine rings is 1. The third kappa shape index (κ3) is 3.38. The number of aromatic hydroxyl groups is 1. The Hall–Kier alpha value is -2.30. The Balaban J connectivity index is 2.10. The van der Waals surface area contributed by atoms with E-state index in [9.17, 15) is 9.50 Å². The van der Waals surface area contributed by atoms with Gasteiger partial charge >= 0.3 is 0 Å². The molecule has 0 saturated carbocycles. The summed E-state index contributed by atoms with van der Waals surface area (Å²) in [4.78, 5) is 4.13. The molecule has 2 N–H and O–H groups in total. The van der Waals surface area contributed by atoms with Gasteiger partial charge in [-0.15, -0.1) is 0 Å². The van der Waals surface area contributed by atoms with Crippen molar-refractivity contribution < 1.29 is 14.2 Å². The van der Waals surface area contributed by atoms with E-state index in [0.29, 0.717) is 18.1 Å². The molecule has 0 saturated heterocycles. The van der Waals surface area contributed by atoms with Crippen LogP contribution in [0.15, 0.2) is 36.5 Å². The van der Waals surface area contributed by atoms with Crippen molar-refractivity contribution >= 4 is 5.69 Å². The van der Waals surface area contributed by atoms with Crippen LogP contribution in [0.4, 0.5) is 10.1 Å². The number of hydrogen-bond donors (Lipinski definition) is 2. The first kappa shape index (κ1) is 14.1. The number of aromatic nitrogens is 1. The summed E-state index contributed by atoms with van der Waals surface area (Å²) in [6, 6.07) is 7.22. The van der Waals surface area contributed by atoms with Crippen molar-refractivity contribution in [1.82, 2.24) is 4.98 Å². The minimum atomic E-state index is -0.378. The Bertz CT molecular complexity index is 573. The molecular formula is C15H17FN2O2. The van der Waals surface area contributed by atoms with E-state index >= 15 is 0 Å². The Kier molecular flexibility index (Phi) is 4.40. The van der Waals surface area contributed by atoms with Gasteiger partial charge in [0.2, 0.25) is 5.88 Å². The fourth-order valence-electron chi connectivity index (χ4n) is 1.90. The van der Waals surface area contributed by atoms with Gasteiger partial charge in [-0.25, -0.2) is 9.37 Å². The number of nitrogens with one attached hydrogen (secondary N) is 1. The van der Waals surface area contributed by atoms with Crippen molar-refractivity contribution in [3.8, 4) is 11.6 Å². The van der Waals surface area contributed by atoms with E-state index in [2.05, 4.69) is 10.3 Å². The van der Waals surface area contributed by atoms with Crippen LogP contribution in [0.5, 0.6) is 11.6 Å². The number of rotatable bonds is 5. The van der Waals surface area contributed by atoms with Crippen LogP contribution in [0.2, 0.25) is 0 Å². The van der Waals surface area contributed by atoms with E-state index in [1.165, 1.54) is 18.2 Å². The molecule has 106 valence electrons. The van der Waals surface area contributed by atoms with Gasteiger partial charge in [0.25, 0.3) is 0 Å². The number of phenols is 1. The van der Waals surface area contributed by atoms with Crippen molar-refractivity contribution in [1.29, 1.82) is 0 Å². The Labute approximate surface area is 117 Å². The summed E-state index contributed by atoms with van der Waals surface area (Å²) in [6.45, 7) is 4.29. The molecule has 0 aliphatic heterocycles. The maximum Gasteiger partial charge on any atom is 0.213 e. The highest BCUT2D eigenvalue weighted by atomic mass is 19.1. The molecule has 0 aliphatic carbocycles. The number of nitrogens with zero attached hydrogens (tertiary/aromatic N) is 1. The minimum Gasteiger partial charge on any atom is -0.508 e. The largest absolute Gasteiger partial charge is 0.508 e. The topological polar surface area (TPSA) is 54.4 Å². The molecule has 2 rings (SSSR count). The molecule has 0 aliphatic rings. The number of ether oxygens (including phenoxy) is 1. The normalized spacial score (nSPS) is 11.9. The van der Waals surface area contributed by atoms with E-state index in [0.717, 1.165) is 5.69 Å². The van der Waals surface area contributed by atoms with E-state index in [4.69, 9.17) is 4.74 Å². The number of phenolic OH excluding ortho intramolecular Hbond substituents is 1. The van der Waals surface area contributed by atoms with Gasteiger partial charge in [-0.05, 0) is 38.1 Å². The second kappa shape index (κ2) is 6.23.